The summed E-state index contributed by atoms with van der Waals surface area (Å²) in [4.78, 5) is 54.2. The van der Waals surface area contributed by atoms with Crippen molar-refractivity contribution in [1.82, 2.24) is 19.4 Å². The Hall–Kier alpha value is -5.13. The van der Waals surface area contributed by atoms with Gasteiger partial charge in [-0.1, -0.05) is 12.6 Å². The summed E-state index contributed by atoms with van der Waals surface area (Å²) >= 11 is 0. The first-order valence-electron chi connectivity index (χ1n) is 16.0. The van der Waals surface area contributed by atoms with E-state index in [1.165, 1.54) is 21.9 Å². The number of fused-ring (bicyclic) bond motifs is 5. The number of phenols is 1. The van der Waals surface area contributed by atoms with Gasteiger partial charge in [-0.25, -0.2) is 13.8 Å². The summed E-state index contributed by atoms with van der Waals surface area (Å²) in [5.41, 5.74) is -1.37. The molecule has 12 heteroatoms. The molecule has 2 atom stereocenters. The molecular weight excluding hydrogens is 582 g/mol. The van der Waals surface area contributed by atoms with Crippen LogP contribution in [0.25, 0.3) is 28.0 Å². The van der Waals surface area contributed by atoms with Gasteiger partial charge in [-0.05, 0) is 62.6 Å². The van der Waals surface area contributed by atoms with Crippen LogP contribution < -0.4 is 15.4 Å². The number of aryl methyl sites for hydroxylation is 1. The first-order valence-corrected chi connectivity index (χ1v) is 14.5. The maximum atomic E-state index is 16.3. The lowest BCUT2D eigenvalue weighted by molar-refractivity contribution is -0.130. The van der Waals surface area contributed by atoms with Crippen molar-refractivity contribution in [2.24, 2.45) is 0 Å². The largest absolute Gasteiger partial charge is 0.507 e. The molecule has 3 aliphatic rings. The molecule has 2 amide bonds. The van der Waals surface area contributed by atoms with E-state index in [0.29, 0.717) is 16.2 Å². The second-order valence-corrected chi connectivity index (χ2v) is 11.7. The number of piperazine rings is 1. The number of pyridine rings is 3. The lowest BCUT2D eigenvalue weighted by Crippen LogP contribution is -2.66. The molecule has 3 aromatic heterocycles. The molecule has 1 N–H and O–H groups in total. The second kappa shape index (κ2) is 10.2. The molecule has 45 heavy (non-hydrogen) atoms. The molecule has 0 bridgehead atoms. The van der Waals surface area contributed by atoms with Crippen molar-refractivity contribution in [2.45, 2.75) is 44.7 Å². The van der Waals surface area contributed by atoms with Gasteiger partial charge in [-0.2, -0.15) is 0 Å². The summed E-state index contributed by atoms with van der Waals surface area (Å²) in [5.74, 6) is -4.04. The van der Waals surface area contributed by atoms with Gasteiger partial charge in [0.25, 0.3) is 11.5 Å². The third-order valence-electron chi connectivity index (χ3n) is 8.84. The zero-order chi connectivity index (χ0) is 34.4. The average Bonchev–Trinajstić information content (AvgIpc) is 3.87. The predicted molar refractivity (Wildman–Crippen MR) is 165 cm³/mol. The van der Waals surface area contributed by atoms with Crippen LogP contribution in [0.2, 0.25) is 0 Å². The topological polar surface area (TPSA) is 112 Å². The molecule has 1 saturated carbocycles. The van der Waals surface area contributed by atoms with E-state index in [1.807, 2.05) is 0 Å². The number of rotatable bonds is 4. The van der Waals surface area contributed by atoms with E-state index in [0.717, 1.165) is 35.6 Å². The highest BCUT2D eigenvalue weighted by atomic mass is 19.1. The fourth-order valence-corrected chi connectivity index (χ4v) is 6.51. The normalized spacial score (nSPS) is 20.8. The standard InChI is InChI=1S/C33H30F2N6O4/c1-5-24(43)39-15-22-32(44)38(4)30-29(40(22)14-17(39)3)19-13-21(35)27(25-20(34)7-6-8-23(25)42)37-31(19)41(33(30)45)28-16(2)11-12-36-26(28)18-9-10-18/h5-8,11-13,17-18,22,42H,1,9-10,14-15H2,2-4H3/t17-,22-/m1/s1/i4D3. The molecule has 10 nitrogen and oxygen atoms in total. The zero-order valence-corrected chi connectivity index (χ0v) is 24.4. The number of aromatic hydroxyl groups is 1. The number of phenolic OH excluding ortho intramolecular Hbond substituents is 1. The number of hydrogen-bond acceptors (Lipinski definition) is 7. The van der Waals surface area contributed by atoms with Crippen molar-refractivity contribution in [1.29, 1.82) is 0 Å². The minimum Gasteiger partial charge on any atom is -0.507 e. The van der Waals surface area contributed by atoms with Crippen LogP contribution in [0.3, 0.4) is 0 Å². The van der Waals surface area contributed by atoms with E-state index in [2.05, 4.69) is 16.5 Å². The number of nitrogens with zero attached hydrogens (tertiary/aromatic N) is 6. The monoisotopic (exact) mass is 615 g/mol. The molecule has 1 saturated heterocycles. The summed E-state index contributed by atoms with van der Waals surface area (Å²) in [6.07, 6.45) is 4.24. The number of carbonyl (C=O) groups excluding carboxylic acids is 2. The van der Waals surface area contributed by atoms with Crippen LogP contribution in [0.15, 0.2) is 54.0 Å². The van der Waals surface area contributed by atoms with Gasteiger partial charge in [0.15, 0.2) is 11.5 Å². The van der Waals surface area contributed by atoms with E-state index in [9.17, 15) is 19.5 Å². The van der Waals surface area contributed by atoms with Crippen LogP contribution in [-0.4, -0.2) is 68.5 Å². The molecule has 1 aliphatic carbocycles. The third kappa shape index (κ3) is 4.22. The fourth-order valence-electron chi connectivity index (χ4n) is 6.51. The number of benzene rings is 1. The van der Waals surface area contributed by atoms with E-state index in [-0.39, 0.29) is 41.4 Å². The molecule has 2 fully saturated rings. The number of aromatic nitrogens is 3. The van der Waals surface area contributed by atoms with Gasteiger partial charge < -0.3 is 19.8 Å². The first-order chi connectivity index (χ1) is 22.7. The van der Waals surface area contributed by atoms with Crippen LogP contribution in [0.4, 0.5) is 20.2 Å². The molecular formula is C33H30F2N6O4. The predicted octanol–water partition coefficient (Wildman–Crippen LogP) is 4.19. The molecule has 0 spiro atoms. The molecule has 0 unspecified atom stereocenters. The summed E-state index contributed by atoms with van der Waals surface area (Å²) in [6, 6.07) is 4.35. The molecule has 7 rings (SSSR count). The van der Waals surface area contributed by atoms with Crippen LogP contribution >= 0.6 is 0 Å². The van der Waals surface area contributed by atoms with Crippen LogP contribution in [0.5, 0.6) is 5.75 Å². The average molecular weight is 616 g/mol. The van der Waals surface area contributed by atoms with Gasteiger partial charge in [0, 0.05) is 41.2 Å². The number of carbonyl (C=O) groups is 2. The lowest BCUT2D eigenvalue weighted by Gasteiger charge is -2.49. The van der Waals surface area contributed by atoms with E-state index in [1.54, 1.807) is 26.1 Å². The first kappa shape index (κ1) is 25.2. The van der Waals surface area contributed by atoms with Crippen molar-refractivity contribution in [3.05, 3.63) is 82.4 Å². The Balaban J connectivity index is 1.64. The molecule has 5 heterocycles. The lowest BCUT2D eigenvalue weighted by atomic mass is 9.98. The van der Waals surface area contributed by atoms with Gasteiger partial charge >= 0.3 is 0 Å². The van der Waals surface area contributed by atoms with Crippen molar-refractivity contribution in [3.63, 3.8) is 0 Å². The highest BCUT2D eigenvalue weighted by Gasteiger charge is 2.46. The Bertz CT molecular complexity index is 2110. The summed E-state index contributed by atoms with van der Waals surface area (Å²) < 4.78 is 57.7. The quantitative estimate of drug-likeness (QED) is 0.343. The molecule has 4 aromatic rings. The zero-order valence-electron chi connectivity index (χ0n) is 27.4. The Morgan fingerprint density at radius 2 is 1.91 bits per heavy atom. The highest BCUT2D eigenvalue weighted by Crippen LogP contribution is 2.46. The van der Waals surface area contributed by atoms with E-state index < -0.39 is 70.8 Å². The Morgan fingerprint density at radius 3 is 2.60 bits per heavy atom. The summed E-state index contributed by atoms with van der Waals surface area (Å²) in [6.45, 7) is 3.57. The summed E-state index contributed by atoms with van der Waals surface area (Å²) in [5, 5.41) is 10.6. The minimum atomic E-state index is -3.16. The molecule has 1 aromatic carbocycles. The SMILES string of the molecule is [2H]C([2H])([2H])N1C(=O)[C@H]2CN(C(=O)C=C)[C@H](C)CN2c2c1c(=O)n(-c1c(C)ccnc1C1CC1)c1nc(-c3c(O)cccc3F)c(F)cc21. The Morgan fingerprint density at radius 1 is 1.13 bits per heavy atom. The van der Waals surface area contributed by atoms with Gasteiger partial charge in [0.2, 0.25) is 5.91 Å². The maximum Gasteiger partial charge on any atom is 0.283 e. The van der Waals surface area contributed by atoms with Crippen molar-refractivity contribution >= 4 is 34.2 Å². The molecule has 230 valence electrons. The van der Waals surface area contributed by atoms with Crippen molar-refractivity contribution in [3.8, 4) is 22.7 Å². The number of anilines is 2. The third-order valence-corrected chi connectivity index (χ3v) is 8.84. The summed E-state index contributed by atoms with van der Waals surface area (Å²) in [7, 11) is 0. The second-order valence-electron chi connectivity index (χ2n) is 11.7. The molecule has 0 radical (unpaired) electrons. The van der Waals surface area contributed by atoms with Crippen molar-refractivity contribution in [2.75, 3.05) is 29.9 Å². The van der Waals surface area contributed by atoms with Crippen LogP contribution in [0, 0.1) is 18.6 Å². The number of halogens is 2. The Kier molecular flexibility index (Phi) is 5.73. The van der Waals surface area contributed by atoms with E-state index >= 15 is 8.78 Å². The number of hydrogen-bond donors (Lipinski definition) is 1. The number of likely N-dealkylation sites (N-methyl/N-ethyl adjacent to an activating group) is 1. The van der Waals surface area contributed by atoms with Gasteiger partial charge in [0.1, 0.15) is 29.0 Å². The molecule has 2 aliphatic heterocycles. The van der Waals surface area contributed by atoms with Crippen LogP contribution in [0.1, 0.15) is 41.1 Å². The van der Waals surface area contributed by atoms with Crippen LogP contribution in [-0.2, 0) is 9.59 Å². The van der Waals surface area contributed by atoms with Gasteiger partial charge in [-0.3, -0.25) is 23.9 Å². The number of amides is 2. The van der Waals surface area contributed by atoms with Gasteiger partial charge in [-0.15, -0.1) is 0 Å². The maximum absolute atomic E-state index is 16.3. The van der Waals surface area contributed by atoms with Gasteiger partial charge in [0.05, 0.1) is 29.2 Å². The highest BCUT2D eigenvalue weighted by molar-refractivity contribution is 6.12. The Labute approximate surface area is 261 Å². The van der Waals surface area contributed by atoms with Crippen molar-refractivity contribution < 1.29 is 27.6 Å². The fraction of sp³-hybridized carbons (Fsp3) is 0.303. The van der Waals surface area contributed by atoms with E-state index in [4.69, 9.17) is 4.11 Å². The smallest absolute Gasteiger partial charge is 0.283 e. The minimum absolute atomic E-state index is 0.0190.